The van der Waals surface area contributed by atoms with E-state index in [1.807, 2.05) is 6.92 Å². The molecule has 2 N–H and O–H groups in total. The average Bonchev–Trinajstić information content (AvgIpc) is 2.32. The second-order valence-electron chi connectivity index (χ2n) is 5.50. The lowest BCUT2D eigenvalue weighted by molar-refractivity contribution is 0.0470. The molecule has 2 unspecified atom stereocenters. The number of aliphatic hydroxyl groups is 1. The van der Waals surface area contributed by atoms with Crippen molar-refractivity contribution in [3.8, 4) is 0 Å². The summed E-state index contributed by atoms with van der Waals surface area (Å²) in [6.07, 6.45) is 2.88. The van der Waals surface area contributed by atoms with E-state index in [1.165, 1.54) is 11.1 Å². The first-order valence-electron chi connectivity index (χ1n) is 7.01. The van der Waals surface area contributed by atoms with Gasteiger partial charge in [-0.2, -0.15) is 0 Å². The lowest BCUT2D eigenvalue weighted by Crippen LogP contribution is -2.39. The molecule has 2 nitrogen and oxygen atoms in total. The molecule has 2 heteroatoms. The van der Waals surface area contributed by atoms with Gasteiger partial charge in [-0.05, 0) is 32.3 Å². The van der Waals surface area contributed by atoms with Crippen LogP contribution in [0.15, 0.2) is 24.3 Å². The molecule has 0 bridgehead atoms. The minimum absolute atomic E-state index is 0.328. The van der Waals surface area contributed by atoms with E-state index < -0.39 is 5.60 Å². The third kappa shape index (κ3) is 4.79. The molecule has 2 atom stereocenters. The Bertz CT molecular complexity index is 343. The van der Waals surface area contributed by atoms with Crippen LogP contribution in [0.1, 0.15) is 57.2 Å². The van der Waals surface area contributed by atoms with E-state index in [1.54, 1.807) is 0 Å². The fourth-order valence-corrected chi connectivity index (χ4v) is 2.27. The van der Waals surface area contributed by atoms with Gasteiger partial charge >= 0.3 is 0 Å². The first-order chi connectivity index (χ1) is 8.48. The summed E-state index contributed by atoms with van der Waals surface area (Å²) < 4.78 is 0. The van der Waals surface area contributed by atoms with Gasteiger partial charge in [0.05, 0.1) is 5.60 Å². The molecule has 1 aromatic carbocycles. The summed E-state index contributed by atoms with van der Waals surface area (Å²) in [5.41, 5.74) is 1.98. The standard InChI is InChI=1S/C16H27NO/c1-5-11-16(4,18)12-17-15(6-2)14-9-7-13(3)8-10-14/h7-10,15,17-18H,5-6,11-12H2,1-4H3. The molecule has 1 aromatic rings. The Kier molecular flexibility index (Phi) is 5.83. The molecule has 0 fully saturated rings. The minimum atomic E-state index is -0.604. The van der Waals surface area contributed by atoms with Gasteiger partial charge in [-0.3, -0.25) is 0 Å². The van der Waals surface area contributed by atoms with E-state index in [2.05, 4.69) is 50.4 Å². The number of aryl methyl sites for hydroxylation is 1. The number of hydrogen-bond donors (Lipinski definition) is 2. The van der Waals surface area contributed by atoms with Gasteiger partial charge in [-0.25, -0.2) is 0 Å². The number of rotatable bonds is 7. The third-order valence-corrected chi connectivity index (χ3v) is 3.41. The van der Waals surface area contributed by atoms with Crippen LogP contribution in [-0.2, 0) is 0 Å². The van der Waals surface area contributed by atoms with Crippen molar-refractivity contribution in [3.63, 3.8) is 0 Å². The summed E-state index contributed by atoms with van der Waals surface area (Å²) in [6, 6.07) is 8.96. The van der Waals surface area contributed by atoms with Crippen LogP contribution < -0.4 is 5.32 Å². The highest BCUT2D eigenvalue weighted by Gasteiger charge is 2.20. The fourth-order valence-electron chi connectivity index (χ4n) is 2.27. The van der Waals surface area contributed by atoms with Crippen LogP contribution in [-0.4, -0.2) is 17.3 Å². The van der Waals surface area contributed by atoms with Crippen LogP contribution in [0.5, 0.6) is 0 Å². The quantitative estimate of drug-likeness (QED) is 0.774. The van der Waals surface area contributed by atoms with Gasteiger partial charge in [0.2, 0.25) is 0 Å². The van der Waals surface area contributed by atoms with E-state index in [0.29, 0.717) is 12.6 Å². The molecule has 18 heavy (non-hydrogen) atoms. The molecule has 0 radical (unpaired) electrons. The summed E-state index contributed by atoms with van der Waals surface area (Å²) in [6.45, 7) is 8.93. The van der Waals surface area contributed by atoms with Gasteiger partial charge in [0.25, 0.3) is 0 Å². The van der Waals surface area contributed by atoms with Crippen molar-refractivity contribution in [3.05, 3.63) is 35.4 Å². The molecular weight excluding hydrogens is 222 g/mol. The zero-order valence-electron chi connectivity index (χ0n) is 12.2. The molecule has 1 rings (SSSR count). The molecule has 102 valence electrons. The Balaban J connectivity index is 2.60. The zero-order chi connectivity index (χ0) is 13.6. The largest absolute Gasteiger partial charge is 0.389 e. The molecule has 0 spiro atoms. The first kappa shape index (κ1) is 15.2. The molecule has 0 heterocycles. The maximum atomic E-state index is 10.2. The lowest BCUT2D eigenvalue weighted by atomic mass is 9.98. The third-order valence-electron chi connectivity index (χ3n) is 3.41. The molecule has 0 aliphatic rings. The Morgan fingerprint density at radius 3 is 2.33 bits per heavy atom. The predicted octanol–water partition coefficient (Wildman–Crippen LogP) is 3.59. The Morgan fingerprint density at radius 1 is 1.22 bits per heavy atom. The highest BCUT2D eigenvalue weighted by Crippen LogP contribution is 2.19. The van der Waals surface area contributed by atoms with Gasteiger partial charge in [0, 0.05) is 12.6 Å². The molecule has 0 aromatic heterocycles. The second kappa shape index (κ2) is 6.91. The van der Waals surface area contributed by atoms with E-state index in [0.717, 1.165) is 19.3 Å². The SMILES string of the molecule is CCCC(C)(O)CNC(CC)c1ccc(C)cc1. The Hall–Kier alpha value is -0.860. The lowest BCUT2D eigenvalue weighted by Gasteiger charge is -2.27. The maximum absolute atomic E-state index is 10.2. The van der Waals surface area contributed by atoms with E-state index in [4.69, 9.17) is 0 Å². The number of hydrogen-bond acceptors (Lipinski definition) is 2. The van der Waals surface area contributed by atoms with Crippen LogP contribution in [0.2, 0.25) is 0 Å². The fraction of sp³-hybridized carbons (Fsp3) is 0.625. The second-order valence-corrected chi connectivity index (χ2v) is 5.50. The first-order valence-corrected chi connectivity index (χ1v) is 7.01. The highest BCUT2D eigenvalue weighted by atomic mass is 16.3. The minimum Gasteiger partial charge on any atom is -0.389 e. The molecule has 0 aliphatic heterocycles. The van der Waals surface area contributed by atoms with Crippen LogP contribution in [0.3, 0.4) is 0 Å². The van der Waals surface area contributed by atoms with Gasteiger partial charge in [0.1, 0.15) is 0 Å². The highest BCUT2D eigenvalue weighted by molar-refractivity contribution is 5.24. The summed E-state index contributed by atoms with van der Waals surface area (Å²) in [7, 11) is 0. The molecule has 0 saturated heterocycles. The topological polar surface area (TPSA) is 32.3 Å². The molecule has 0 aliphatic carbocycles. The summed E-state index contributed by atoms with van der Waals surface area (Å²) in [4.78, 5) is 0. The average molecular weight is 249 g/mol. The Morgan fingerprint density at radius 2 is 1.83 bits per heavy atom. The monoisotopic (exact) mass is 249 g/mol. The van der Waals surface area contributed by atoms with Crippen molar-refractivity contribution in [1.82, 2.24) is 5.32 Å². The van der Waals surface area contributed by atoms with Crippen molar-refractivity contribution in [2.24, 2.45) is 0 Å². The Labute approximate surface area is 111 Å². The summed E-state index contributed by atoms with van der Waals surface area (Å²) in [5, 5.41) is 13.7. The molecular formula is C16H27NO. The van der Waals surface area contributed by atoms with Gasteiger partial charge in [0.15, 0.2) is 0 Å². The van der Waals surface area contributed by atoms with Crippen LogP contribution in [0, 0.1) is 6.92 Å². The van der Waals surface area contributed by atoms with E-state index >= 15 is 0 Å². The van der Waals surface area contributed by atoms with E-state index in [-0.39, 0.29) is 0 Å². The van der Waals surface area contributed by atoms with Crippen molar-refractivity contribution < 1.29 is 5.11 Å². The van der Waals surface area contributed by atoms with Gasteiger partial charge in [-0.1, -0.05) is 50.1 Å². The smallest absolute Gasteiger partial charge is 0.0743 e. The van der Waals surface area contributed by atoms with Crippen molar-refractivity contribution in [1.29, 1.82) is 0 Å². The van der Waals surface area contributed by atoms with E-state index in [9.17, 15) is 5.11 Å². The normalized spacial score (nSPS) is 16.3. The van der Waals surface area contributed by atoms with Crippen molar-refractivity contribution in [2.75, 3.05) is 6.54 Å². The van der Waals surface area contributed by atoms with Crippen LogP contribution >= 0.6 is 0 Å². The predicted molar refractivity (Wildman–Crippen MR) is 77.7 cm³/mol. The number of nitrogens with one attached hydrogen (secondary N) is 1. The van der Waals surface area contributed by atoms with Gasteiger partial charge < -0.3 is 10.4 Å². The summed E-state index contributed by atoms with van der Waals surface area (Å²) >= 11 is 0. The maximum Gasteiger partial charge on any atom is 0.0743 e. The number of benzene rings is 1. The van der Waals surface area contributed by atoms with Crippen molar-refractivity contribution in [2.45, 2.75) is 58.6 Å². The molecule has 0 amide bonds. The zero-order valence-corrected chi connectivity index (χ0v) is 12.2. The van der Waals surface area contributed by atoms with Crippen molar-refractivity contribution >= 4 is 0 Å². The summed E-state index contributed by atoms with van der Waals surface area (Å²) in [5.74, 6) is 0. The van der Waals surface area contributed by atoms with Crippen LogP contribution in [0.25, 0.3) is 0 Å². The molecule has 0 saturated carbocycles. The van der Waals surface area contributed by atoms with Gasteiger partial charge in [-0.15, -0.1) is 0 Å². The van der Waals surface area contributed by atoms with Crippen LogP contribution in [0.4, 0.5) is 0 Å².